The van der Waals surface area contributed by atoms with E-state index in [1.54, 1.807) is 14.2 Å². The van der Waals surface area contributed by atoms with E-state index in [-0.39, 0.29) is 5.91 Å². The van der Waals surface area contributed by atoms with Crippen LogP contribution in [-0.4, -0.2) is 56.5 Å². The molecular formula is C24H29N5O3. The van der Waals surface area contributed by atoms with Gasteiger partial charge in [0, 0.05) is 55.3 Å². The largest absolute Gasteiger partial charge is 0.497 e. The Morgan fingerprint density at radius 3 is 2.34 bits per heavy atom. The molecular weight excluding hydrogens is 406 g/mol. The third-order valence-corrected chi connectivity index (χ3v) is 5.58. The van der Waals surface area contributed by atoms with Gasteiger partial charge in [-0.1, -0.05) is 0 Å². The summed E-state index contributed by atoms with van der Waals surface area (Å²) in [6.07, 6.45) is 1.54. The van der Waals surface area contributed by atoms with E-state index in [2.05, 4.69) is 25.7 Å². The molecule has 0 spiro atoms. The van der Waals surface area contributed by atoms with Crippen LogP contribution in [0.4, 0.5) is 11.5 Å². The SMILES string of the molecule is COc1cc(CCc2cc(NC(=O)c3ccc(N4CCNCC4)cc3)n[nH]2)cc(OC)c1. The first-order valence-electron chi connectivity index (χ1n) is 10.8. The summed E-state index contributed by atoms with van der Waals surface area (Å²) in [5.41, 5.74) is 3.79. The van der Waals surface area contributed by atoms with Crippen LogP contribution in [0.15, 0.2) is 48.5 Å². The molecule has 0 radical (unpaired) electrons. The quantitative estimate of drug-likeness (QED) is 0.504. The van der Waals surface area contributed by atoms with Crippen molar-refractivity contribution in [3.63, 3.8) is 0 Å². The molecule has 2 heterocycles. The topological polar surface area (TPSA) is 91.5 Å². The lowest BCUT2D eigenvalue weighted by atomic mass is 10.1. The van der Waals surface area contributed by atoms with Gasteiger partial charge in [-0.2, -0.15) is 5.10 Å². The molecule has 0 unspecified atom stereocenters. The highest BCUT2D eigenvalue weighted by atomic mass is 16.5. The predicted octanol–water partition coefficient (Wildman–Crippen LogP) is 2.87. The maximum absolute atomic E-state index is 12.6. The zero-order valence-corrected chi connectivity index (χ0v) is 18.5. The van der Waals surface area contributed by atoms with Crippen LogP contribution in [0, 0.1) is 0 Å². The average molecular weight is 436 g/mol. The number of carbonyl (C=O) groups excluding carboxylic acids is 1. The van der Waals surface area contributed by atoms with Crippen molar-refractivity contribution in [3.8, 4) is 11.5 Å². The Hall–Kier alpha value is -3.52. The summed E-state index contributed by atoms with van der Waals surface area (Å²) in [4.78, 5) is 14.9. The summed E-state index contributed by atoms with van der Waals surface area (Å²) >= 11 is 0. The number of rotatable bonds is 8. The number of hydrogen-bond donors (Lipinski definition) is 3. The molecule has 1 aliphatic rings. The van der Waals surface area contributed by atoms with E-state index in [1.807, 2.05) is 48.5 Å². The van der Waals surface area contributed by atoms with Crippen molar-refractivity contribution in [2.24, 2.45) is 0 Å². The van der Waals surface area contributed by atoms with Gasteiger partial charge in [0.15, 0.2) is 5.82 Å². The Morgan fingerprint density at radius 2 is 1.69 bits per heavy atom. The third-order valence-electron chi connectivity index (χ3n) is 5.58. The zero-order chi connectivity index (χ0) is 22.3. The molecule has 1 aliphatic heterocycles. The van der Waals surface area contributed by atoms with Gasteiger partial charge in [0.2, 0.25) is 0 Å². The van der Waals surface area contributed by atoms with Gasteiger partial charge in [-0.15, -0.1) is 0 Å². The van der Waals surface area contributed by atoms with E-state index in [4.69, 9.17) is 9.47 Å². The van der Waals surface area contributed by atoms with Gasteiger partial charge in [-0.25, -0.2) is 0 Å². The Morgan fingerprint density at radius 1 is 1.00 bits per heavy atom. The second kappa shape index (κ2) is 10.2. The number of benzene rings is 2. The van der Waals surface area contributed by atoms with E-state index in [0.717, 1.165) is 67.5 Å². The standard InChI is InChI=1S/C24H29N5O3/c1-31-21-13-17(14-22(16-21)32-2)3-6-19-15-23(28-27-19)26-24(30)18-4-7-20(8-5-18)29-11-9-25-10-12-29/h4-5,7-8,13-16,25H,3,6,9-12H2,1-2H3,(H2,26,27,28,30). The van der Waals surface area contributed by atoms with Crippen LogP contribution < -0.4 is 25.0 Å². The first kappa shape index (κ1) is 21.7. The van der Waals surface area contributed by atoms with Gasteiger partial charge in [0.1, 0.15) is 11.5 Å². The van der Waals surface area contributed by atoms with Crippen molar-refractivity contribution in [1.29, 1.82) is 0 Å². The number of amides is 1. The highest BCUT2D eigenvalue weighted by Crippen LogP contribution is 2.23. The van der Waals surface area contributed by atoms with Gasteiger partial charge in [-0.05, 0) is 54.8 Å². The summed E-state index contributed by atoms with van der Waals surface area (Å²) in [6.45, 7) is 3.92. The zero-order valence-electron chi connectivity index (χ0n) is 18.5. The number of aromatic nitrogens is 2. The highest BCUT2D eigenvalue weighted by Gasteiger charge is 2.13. The molecule has 1 amide bonds. The molecule has 168 valence electrons. The Kier molecular flexibility index (Phi) is 6.91. The molecule has 2 aromatic carbocycles. The lowest BCUT2D eigenvalue weighted by Crippen LogP contribution is -2.43. The number of methoxy groups -OCH3 is 2. The number of carbonyl (C=O) groups is 1. The van der Waals surface area contributed by atoms with Crippen molar-refractivity contribution >= 4 is 17.4 Å². The van der Waals surface area contributed by atoms with E-state index >= 15 is 0 Å². The number of aryl methyl sites for hydroxylation is 2. The fourth-order valence-electron chi connectivity index (χ4n) is 3.78. The summed E-state index contributed by atoms with van der Waals surface area (Å²) < 4.78 is 10.7. The number of ether oxygens (including phenoxy) is 2. The van der Waals surface area contributed by atoms with Crippen molar-refractivity contribution in [2.45, 2.75) is 12.8 Å². The lowest BCUT2D eigenvalue weighted by molar-refractivity contribution is 0.102. The van der Waals surface area contributed by atoms with Crippen LogP contribution in [0.2, 0.25) is 0 Å². The van der Waals surface area contributed by atoms with E-state index in [1.165, 1.54) is 0 Å². The number of nitrogens with zero attached hydrogens (tertiary/aromatic N) is 2. The number of aromatic amines is 1. The monoisotopic (exact) mass is 435 g/mol. The fourth-order valence-corrected chi connectivity index (χ4v) is 3.78. The smallest absolute Gasteiger partial charge is 0.256 e. The molecule has 0 atom stereocenters. The molecule has 8 heteroatoms. The minimum absolute atomic E-state index is 0.174. The molecule has 1 aromatic heterocycles. The molecule has 1 fully saturated rings. The third kappa shape index (κ3) is 5.39. The molecule has 32 heavy (non-hydrogen) atoms. The van der Waals surface area contributed by atoms with E-state index in [0.29, 0.717) is 11.4 Å². The van der Waals surface area contributed by atoms with Gasteiger partial charge in [0.25, 0.3) is 5.91 Å². The van der Waals surface area contributed by atoms with Crippen LogP contribution in [0.25, 0.3) is 0 Å². The van der Waals surface area contributed by atoms with Crippen molar-refractivity contribution in [3.05, 3.63) is 65.4 Å². The van der Waals surface area contributed by atoms with E-state index in [9.17, 15) is 4.79 Å². The fraction of sp³-hybridized carbons (Fsp3) is 0.333. The molecule has 4 rings (SSSR count). The van der Waals surface area contributed by atoms with Crippen molar-refractivity contribution in [1.82, 2.24) is 15.5 Å². The molecule has 0 aliphatic carbocycles. The Bertz CT molecular complexity index is 1020. The number of piperazine rings is 1. The summed E-state index contributed by atoms with van der Waals surface area (Å²) in [5, 5.41) is 13.4. The van der Waals surface area contributed by atoms with Crippen LogP contribution in [-0.2, 0) is 12.8 Å². The second-order valence-corrected chi connectivity index (χ2v) is 7.74. The van der Waals surface area contributed by atoms with Gasteiger partial charge < -0.3 is 25.0 Å². The summed E-state index contributed by atoms with van der Waals surface area (Å²) in [7, 11) is 3.28. The van der Waals surface area contributed by atoms with Crippen LogP contribution in [0.1, 0.15) is 21.6 Å². The normalized spacial score (nSPS) is 13.6. The second-order valence-electron chi connectivity index (χ2n) is 7.74. The Labute approximate surface area is 187 Å². The number of anilines is 2. The van der Waals surface area contributed by atoms with Gasteiger partial charge in [-0.3, -0.25) is 9.89 Å². The molecule has 3 aromatic rings. The number of hydrogen-bond acceptors (Lipinski definition) is 6. The average Bonchev–Trinajstić information content (AvgIpc) is 3.30. The van der Waals surface area contributed by atoms with Crippen molar-refractivity contribution < 1.29 is 14.3 Å². The van der Waals surface area contributed by atoms with Crippen LogP contribution in [0.5, 0.6) is 11.5 Å². The van der Waals surface area contributed by atoms with Gasteiger partial charge >= 0.3 is 0 Å². The van der Waals surface area contributed by atoms with Crippen LogP contribution >= 0.6 is 0 Å². The minimum atomic E-state index is -0.174. The summed E-state index contributed by atoms with van der Waals surface area (Å²) in [6, 6.07) is 15.4. The number of H-pyrrole nitrogens is 1. The van der Waals surface area contributed by atoms with Gasteiger partial charge in [0.05, 0.1) is 14.2 Å². The van der Waals surface area contributed by atoms with E-state index < -0.39 is 0 Å². The maximum Gasteiger partial charge on any atom is 0.256 e. The molecule has 0 saturated carbocycles. The summed E-state index contributed by atoms with van der Waals surface area (Å²) in [5.74, 6) is 1.87. The van der Waals surface area contributed by atoms with Crippen molar-refractivity contribution in [2.75, 3.05) is 50.6 Å². The number of nitrogens with one attached hydrogen (secondary N) is 3. The lowest BCUT2D eigenvalue weighted by Gasteiger charge is -2.29. The first-order chi connectivity index (χ1) is 15.6. The van der Waals surface area contributed by atoms with Crippen LogP contribution in [0.3, 0.4) is 0 Å². The predicted molar refractivity (Wildman–Crippen MR) is 125 cm³/mol. The minimum Gasteiger partial charge on any atom is -0.497 e. The first-order valence-corrected chi connectivity index (χ1v) is 10.8. The Balaban J connectivity index is 1.33. The molecule has 3 N–H and O–H groups in total. The maximum atomic E-state index is 12.6. The molecule has 0 bridgehead atoms. The molecule has 1 saturated heterocycles. The highest BCUT2D eigenvalue weighted by molar-refractivity contribution is 6.03. The molecule has 8 nitrogen and oxygen atoms in total.